The van der Waals surface area contributed by atoms with E-state index in [-0.39, 0.29) is 5.66 Å². The molecule has 5 aromatic carbocycles. The molecule has 0 fully saturated rings. The van der Waals surface area contributed by atoms with Crippen molar-refractivity contribution in [2.75, 3.05) is 0 Å². The summed E-state index contributed by atoms with van der Waals surface area (Å²) < 4.78 is 0. The van der Waals surface area contributed by atoms with Gasteiger partial charge in [0.05, 0.1) is 0 Å². The first-order valence-corrected chi connectivity index (χ1v) is 13.9. The third-order valence-electron chi connectivity index (χ3n) is 6.25. The van der Waals surface area contributed by atoms with E-state index in [1.807, 2.05) is 24.3 Å². The van der Waals surface area contributed by atoms with Gasteiger partial charge >= 0.3 is 0 Å². The molecule has 166 valence electrons. The molecule has 0 heterocycles. The van der Waals surface area contributed by atoms with Crippen LogP contribution in [-0.4, -0.2) is 0 Å². The number of hydrogen-bond donors (Lipinski definition) is 0. The molecule has 5 rings (SSSR count). The van der Waals surface area contributed by atoms with Crippen molar-refractivity contribution >= 4 is 46.4 Å². The summed E-state index contributed by atoms with van der Waals surface area (Å²) in [6.45, 7) is 0. The highest BCUT2D eigenvalue weighted by Gasteiger charge is 2.53. The fraction of sp³-hybridized carbons (Fsp3) is 0.0323. The van der Waals surface area contributed by atoms with E-state index in [1.54, 1.807) is 0 Å². The normalized spacial score (nSPS) is 11.5. The zero-order chi connectivity index (χ0) is 23.4. The van der Waals surface area contributed by atoms with Crippen LogP contribution in [0.1, 0.15) is 16.8 Å². The molecule has 0 radical (unpaired) electrons. The van der Waals surface area contributed by atoms with Gasteiger partial charge in [0, 0.05) is 10.0 Å². The zero-order valence-corrected chi connectivity index (χ0v) is 21.0. The Morgan fingerprint density at radius 1 is 0.382 bits per heavy atom. The molecule has 0 aromatic heterocycles. The Morgan fingerprint density at radius 2 is 0.676 bits per heavy atom. The summed E-state index contributed by atoms with van der Waals surface area (Å²) >= 11 is 12.7. The molecular weight excluding hydrogens is 474 g/mol. The first-order chi connectivity index (χ1) is 16.7. The van der Waals surface area contributed by atoms with Gasteiger partial charge in [0.1, 0.15) is 28.8 Å². The third-order valence-corrected chi connectivity index (χ3v) is 11.5. The van der Waals surface area contributed by atoms with Gasteiger partial charge in [-0.3, -0.25) is 0 Å². The maximum atomic E-state index is 6.34. The van der Waals surface area contributed by atoms with Crippen molar-refractivity contribution < 1.29 is 0 Å². The summed E-state index contributed by atoms with van der Waals surface area (Å²) in [4.78, 5) is 0. The van der Waals surface area contributed by atoms with Gasteiger partial charge in [-0.1, -0.05) is 102 Å². The van der Waals surface area contributed by atoms with Crippen LogP contribution in [-0.2, 0) is 0 Å². The van der Waals surface area contributed by atoms with Crippen molar-refractivity contribution in [1.29, 1.82) is 0 Å². The minimum absolute atomic E-state index is 0.0780. The standard InChI is InChI=1S/C31H24Cl2P/c32-26-20-16-24(17-21-26)31(25-18-22-27(33)23-19-25)34(28-10-4-1-5-11-28,29-12-6-2-7-13-29)30-14-8-3-9-15-30/h1-23,31H/q+1. The second-order valence-corrected chi connectivity index (χ2v) is 12.6. The SMILES string of the molecule is Clc1ccc(C(c2ccc(Cl)cc2)[P+](c2ccccc2)(c2ccccc2)c2ccccc2)cc1. The van der Waals surface area contributed by atoms with Crippen LogP contribution >= 0.6 is 30.5 Å². The molecule has 0 saturated carbocycles. The molecule has 0 unspecified atom stereocenters. The first-order valence-electron chi connectivity index (χ1n) is 11.3. The van der Waals surface area contributed by atoms with Crippen LogP contribution in [0, 0.1) is 0 Å². The van der Waals surface area contributed by atoms with E-state index in [0.717, 1.165) is 10.0 Å². The fourth-order valence-corrected chi connectivity index (χ4v) is 10.0. The molecule has 5 aromatic rings. The second kappa shape index (κ2) is 10.2. The smallest absolute Gasteiger partial charge is 0.0843 e. The average molecular weight is 498 g/mol. The Kier molecular flexibility index (Phi) is 6.84. The highest BCUT2D eigenvalue weighted by Crippen LogP contribution is 2.68. The van der Waals surface area contributed by atoms with Gasteiger partial charge in [-0.15, -0.1) is 0 Å². The molecule has 0 aliphatic carbocycles. The van der Waals surface area contributed by atoms with Crippen LogP contribution in [0.25, 0.3) is 0 Å². The summed E-state index contributed by atoms with van der Waals surface area (Å²) in [6.07, 6.45) is 0. The maximum absolute atomic E-state index is 6.34. The average Bonchev–Trinajstić information content (AvgIpc) is 2.90. The first kappa shape index (κ1) is 22.9. The molecule has 0 saturated heterocycles. The largest absolute Gasteiger partial charge is 0.134 e. The Balaban J connectivity index is 1.93. The van der Waals surface area contributed by atoms with Gasteiger partial charge in [0.25, 0.3) is 0 Å². The van der Waals surface area contributed by atoms with E-state index >= 15 is 0 Å². The van der Waals surface area contributed by atoms with Crippen LogP contribution in [0.2, 0.25) is 10.0 Å². The monoisotopic (exact) mass is 497 g/mol. The molecule has 0 atom stereocenters. The minimum Gasteiger partial charge on any atom is -0.0843 e. The van der Waals surface area contributed by atoms with Crippen LogP contribution < -0.4 is 15.9 Å². The van der Waals surface area contributed by atoms with E-state index in [4.69, 9.17) is 23.2 Å². The third kappa shape index (κ3) is 4.30. The Bertz CT molecular complexity index is 1190. The summed E-state index contributed by atoms with van der Waals surface area (Å²) in [5.41, 5.74) is 2.54. The van der Waals surface area contributed by atoms with Gasteiger partial charge in [-0.05, 0) is 71.8 Å². The second-order valence-electron chi connectivity index (χ2n) is 8.23. The van der Waals surface area contributed by atoms with Crippen molar-refractivity contribution in [2.24, 2.45) is 0 Å². The predicted octanol–water partition coefficient (Wildman–Crippen LogP) is 8.08. The molecule has 0 aliphatic heterocycles. The molecule has 3 heteroatoms. The Labute approximate surface area is 212 Å². The quantitative estimate of drug-likeness (QED) is 0.208. The molecule has 0 aliphatic rings. The van der Waals surface area contributed by atoms with Crippen LogP contribution in [0.3, 0.4) is 0 Å². The molecule has 0 amide bonds. The summed E-state index contributed by atoms with van der Waals surface area (Å²) in [5, 5.41) is 5.48. The maximum Gasteiger partial charge on any atom is 0.134 e. The van der Waals surface area contributed by atoms with Crippen molar-refractivity contribution in [3.05, 3.63) is 161 Å². The molecule has 34 heavy (non-hydrogen) atoms. The summed E-state index contributed by atoms with van der Waals surface area (Å²) in [6, 6.07) is 49.5. The van der Waals surface area contributed by atoms with Crippen LogP contribution in [0.5, 0.6) is 0 Å². The lowest BCUT2D eigenvalue weighted by molar-refractivity contribution is 1.13. The van der Waals surface area contributed by atoms with E-state index in [2.05, 4.69) is 115 Å². The summed E-state index contributed by atoms with van der Waals surface area (Å²) in [7, 11) is -2.22. The number of halogens is 2. The van der Waals surface area contributed by atoms with Gasteiger partial charge in [0.2, 0.25) is 0 Å². The van der Waals surface area contributed by atoms with Gasteiger partial charge in [-0.25, -0.2) is 0 Å². The van der Waals surface area contributed by atoms with E-state index in [0.29, 0.717) is 0 Å². The minimum atomic E-state index is -2.22. The zero-order valence-electron chi connectivity index (χ0n) is 18.6. The molecular formula is C31H24Cl2P+. The van der Waals surface area contributed by atoms with Crippen molar-refractivity contribution in [3.8, 4) is 0 Å². The predicted molar refractivity (Wildman–Crippen MR) is 150 cm³/mol. The lowest BCUT2D eigenvalue weighted by Gasteiger charge is -2.35. The number of rotatable bonds is 6. The molecule has 0 nitrogen and oxygen atoms in total. The fourth-order valence-electron chi connectivity index (χ4n) is 4.81. The number of benzene rings is 5. The Morgan fingerprint density at radius 3 is 0.971 bits per heavy atom. The molecule has 0 spiro atoms. The lowest BCUT2D eigenvalue weighted by atomic mass is 10.0. The highest BCUT2D eigenvalue weighted by molar-refractivity contribution is 7.96. The topological polar surface area (TPSA) is 0 Å². The van der Waals surface area contributed by atoms with Crippen LogP contribution in [0.15, 0.2) is 140 Å². The summed E-state index contributed by atoms with van der Waals surface area (Å²) in [5.74, 6) is 0. The van der Waals surface area contributed by atoms with Gasteiger partial charge in [-0.2, -0.15) is 0 Å². The molecule has 0 N–H and O–H groups in total. The van der Waals surface area contributed by atoms with Crippen LogP contribution in [0.4, 0.5) is 0 Å². The van der Waals surface area contributed by atoms with Gasteiger partial charge in [0.15, 0.2) is 0 Å². The Hall–Kier alpha value is -2.89. The highest BCUT2D eigenvalue weighted by atomic mass is 35.5. The van der Waals surface area contributed by atoms with E-state index in [9.17, 15) is 0 Å². The van der Waals surface area contributed by atoms with E-state index < -0.39 is 7.26 Å². The van der Waals surface area contributed by atoms with Crippen molar-refractivity contribution in [3.63, 3.8) is 0 Å². The van der Waals surface area contributed by atoms with Crippen molar-refractivity contribution in [1.82, 2.24) is 0 Å². The van der Waals surface area contributed by atoms with Gasteiger partial charge < -0.3 is 0 Å². The number of hydrogen-bond acceptors (Lipinski definition) is 0. The van der Waals surface area contributed by atoms with E-state index in [1.165, 1.54) is 27.0 Å². The molecule has 0 bridgehead atoms. The lowest BCUT2D eigenvalue weighted by Crippen LogP contribution is -2.35. The van der Waals surface area contributed by atoms with Crippen molar-refractivity contribution in [2.45, 2.75) is 5.66 Å².